The number of methoxy groups -OCH3 is 3. The number of nitrogens with zero attached hydrogens (tertiary/aromatic N) is 3. The Bertz CT molecular complexity index is 913. The molecule has 0 spiro atoms. The third kappa shape index (κ3) is 4.13. The number of ether oxygens (including phenoxy) is 3. The normalized spacial score (nSPS) is 17.0. The van der Waals surface area contributed by atoms with Gasteiger partial charge in [-0.1, -0.05) is 12.1 Å². The second-order valence-electron chi connectivity index (χ2n) is 6.92. The Morgan fingerprint density at radius 1 is 1.10 bits per heavy atom. The number of piperazine rings is 1. The van der Waals surface area contributed by atoms with Crippen molar-refractivity contribution < 1.29 is 19.0 Å². The average molecular weight is 395 g/mol. The summed E-state index contributed by atoms with van der Waals surface area (Å²) in [5.74, 6) is 1.68. The van der Waals surface area contributed by atoms with Crippen LogP contribution < -0.4 is 19.1 Å². The first-order chi connectivity index (χ1) is 14.0. The summed E-state index contributed by atoms with van der Waals surface area (Å²) >= 11 is 0. The molecule has 0 bridgehead atoms. The number of rotatable bonds is 6. The second-order valence-corrected chi connectivity index (χ2v) is 6.92. The van der Waals surface area contributed by atoms with E-state index < -0.39 is 0 Å². The van der Waals surface area contributed by atoms with Crippen LogP contribution in [0.25, 0.3) is 0 Å². The smallest absolute Gasteiger partial charge is 0.241 e. The van der Waals surface area contributed by atoms with Crippen LogP contribution in [0.4, 0.5) is 5.69 Å². The molecule has 1 atom stereocenters. The minimum absolute atomic E-state index is 0.0294. The molecule has 0 aliphatic carbocycles. The highest BCUT2D eigenvalue weighted by atomic mass is 16.5. The fourth-order valence-corrected chi connectivity index (χ4v) is 3.61. The molecule has 3 rings (SSSR count). The van der Waals surface area contributed by atoms with Gasteiger partial charge in [0.15, 0.2) is 11.5 Å². The molecular weight excluding hydrogens is 370 g/mol. The van der Waals surface area contributed by atoms with Crippen LogP contribution in [-0.4, -0.2) is 51.3 Å². The minimum Gasteiger partial charge on any atom is -0.493 e. The number of para-hydroxylation sites is 1. The lowest BCUT2D eigenvalue weighted by Crippen LogP contribution is -2.55. The summed E-state index contributed by atoms with van der Waals surface area (Å²) in [4.78, 5) is 16.7. The Morgan fingerprint density at radius 3 is 2.34 bits per heavy atom. The molecule has 1 heterocycles. The molecule has 1 aliphatic rings. The molecular formula is C22H25N3O4. The van der Waals surface area contributed by atoms with E-state index >= 15 is 0 Å². The van der Waals surface area contributed by atoms with Gasteiger partial charge in [-0.25, -0.2) is 0 Å². The van der Waals surface area contributed by atoms with Crippen LogP contribution in [-0.2, 0) is 11.3 Å². The summed E-state index contributed by atoms with van der Waals surface area (Å²) < 4.78 is 16.2. The van der Waals surface area contributed by atoms with Crippen LogP contribution in [0, 0.1) is 11.3 Å². The number of amides is 1. The molecule has 152 valence electrons. The van der Waals surface area contributed by atoms with E-state index in [2.05, 4.69) is 17.9 Å². The Morgan fingerprint density at radius 2 is 1.76 bits per heavy atom. The maximum Gasteiger partial charge on any atom is 0.241 e. The fraction of sp³-hybridized carbons (Fsp3) is 0.364. The van der Waals surface area contributed by atoms with Gasteiger partial charge in [-0.2, -0.15) is 5.26 Å². The van der Waals surface area contributed by atoms with Crippen molar-refractivity contribution in [2.24, 2.45) is 0 Å². The van der Waals surface area contributed by atoms with Gasteiger partial charge in [0.05, 0.1) is 39.1 Å². The molecule has 0 N–H and O–H groups in total. The van der Waals surface area contributed by atoms with Gasteiger partial charge in [-0.3, -0.25) is 9.69 Å². The number of anilines is 1. The van der Waals surface area contributed by atoms with Crippen LogP contribution in [0.3, 0.4) is 0 Å². The van der Waals surface area contributed by atoms with Gasteiger partial charge in [0.1, 0.15) is 6.07 Å². The van der Waals surface area contributed by atoms with Gasteiger partial charge in [0, 0.05) is 19.1 Å². The van der Waals surface area contributed by atoms with Crippen molar-refractivity contribution in [1.82, 2.24) is 4.90 Å². The molecule has 1 aliphatic heterocycles. The van der Waals surface area contributed by atoms with E-state index in [9.17, 15) is 10.1 Å². The summed E-state index contributed by atoms with van der Waals surface area (Å²) in [6.07, 6.45) is 0. The lowest BCUT2D eigenvalue weighted by molar-refractivity contribution is -0.122. The van der Waals surface area contributed by atoms with E-state index in [-0.39, 0.29) is 18.5 Å². The first-order valence-corrected chi connectivity index (χ1v) is 9.34. The molecule has 7 nitrogen and oxygen atoms in total. The first-order valence-electron chi connectivity index (χ1n) is 9.34. The average Bonchev–Trinajstić information content (AvgIpc) is 2.75. The number of hydrogen-bond donors (Lipinski definition) is 0. The zero-order valence-electron chi connectivity index (χ0n) is 17.1. The van der Waals surface area contributed by atoms with Crippen molar-refractivity contribution in [1.29, 1.82) is 5.26 Å². The lowest BCUT2D eigenvalue weighted by Gasteiger charge is -2.39. The van der Waals surface area contributed by atoms with Crippen LogP contribution in [0.15, 0.2) is 36.4 Å². The number of hydrogen-bond acceptors (Lipinski definition) is 6. The van der Waals surface area contributed by atoms with E-state index in [1.807, 2.05) is 24.3 Å². The number of carbonyl (C=O) groups excluding carboxylic acids is 1. The molecule has 1 saturated heterocycles. The third-order valence-electron chi connectivity index (χ3n) is 5.14. The van der Waals surface area contributed by atoms with Gasteiger partial charge in [-0.15, -0.1) is 0 Å². The Kier molecular flexibility index (Phi) is 6.25. The molecule has 29 heavy (non-hydrogen) atoms. The summed E-state index contributed by atoms with van der Waals surface area (Å²) in [7, 11) is 4.73. The van der Waals surface area contributed by atoms with Crippen molar-refractivity contribution in [3.8, 4) is 23.3 Å². The molecule has 2 aromatic rings. The zero-order valence-corrected chi connectivity index (χ0v) is 17.1. The van der Waals surface area contributed by atoms with E-state index in [1.165, 1.54) is 0 Å². The Balaban J connectivity index is 1.81. The molecule has 2 aromatic carbocycles. The summed E-state index contributed by atoms with van der Waals surface area (Å²) in [5, 5.41) is 9.36. The van der Waals surface area contributed by atoms with Crippen LogP contribution >= 0.6 is 0 Å². The SMILES string of the molecule is COc1cc(CN2CC(=O)N(c3ccccc3C#N)C[C@H]2C)cc(OC)c1OC. The molecule has 0 aromatic heterocycles. The zero-order chi connectivity index (χ0) is 21.0. The Labute approximate surface area is 171 Å². The van der Waals surface area contributed by atoms with Crippen LogP contribution in [0.5, 0.6) is 17.2 Å². The highest BCUT2D eigenvalue weighted by Crippen LogP contribution is 2.38. The van der Waals surface area contributed by atoms with Crippen molar-refractivity contribution in [2.75, 3.05) is 39.3 Å². The first kappa shape index (κ1) is 20.5. The molecule has 0 saturated carbocycles. The molecule has 7 heteroatoms. The lowest BCUT2D eigenvalue weighted by atomic mass is 10.1. The highest BCUT2D eigenvalue weighted by Gasteiger charge is 2.31. The minimum atomic E-state index is -0.0294. The van der Waals surface area contributed by atoms with E-state index in [4.69, 9.17) is 14.2 Å². The molecule has 0 radical (unpaired) electrons. The molecule has 0 unspecified atom stereocenters. The van der Waals surface area contributed by atoms with Crippen molar-refractivity contribution in [3.05, 3.63) is 47.5 Å². The van der Waals surface area contributed by atoms with Crippen molar-refractivity contribution in [2.45, 2.75) is 19.5 Å². The number of carbonyl (C=O) groups is 1. The second kappa shape index (κ2) is 8.84. The van der Waals surface area contributed by atoms with Gasteiger partial charge >= 0.3 is 0 Å². The highest BCUT2D eigenvalue weighted by molar-refractivity contribution is 5.96. The van der Waals surface area contributed by atoms with Gasteiger partial charge in [0.2, 0.25) is 11.7 Å². The van der Waals surface area contributed by atoms with Crippen molar-refractivity contribution >= 4 is 11.6 Å². The van der Waals surface area contributed by atoms with E-state index in [0.717, 1.165) is 5.56 Å². The fourth-order valence-electron chi connectivity index (χ4n) is 3.61. The quantitative estimate of drug-likeness (QED) is 0.749. The standard InChI is InChI=1S/C22H25N3O4/c1-15-12-25(18-8-6-5-7-17(18)11-23)21(26)14-24(15)13-16-9-19(27-2)22(29-4)20(10-16)28-3/h5-10,15H,12-14H2,1-4H3/t15-/m1/s1. The monoisotopic (exact) mass is 395 g/mol. The summed E-state index contributed by atoms with van der Waals surface area (Å²) in [5.41, 5.74) is 2.13. The maximum atomic E-state index is 12.9. The predicted octanol–water partition coefficient (Wildman–Crippen LogP) is 2.82. The third-order valence-corrected chi connectivity index (χ3v) is 5.14. The van der Waals surface area contributed by atoms with Gasteiger partial charge in [0.25, 0.3) is 0 Å². The van der Waals surface area contributed by atoms with E-state index in [0.29, 0.717) is 41.6 Å². The van der Waals surface area contributed by atoms with Gasteiger partial charge in [-0.05, 0) is 36.8 Å². The van der Waals surface area contributed by atoms with Crippen molar-refractivity contribution in [3.63, 3.8) is 0 Å². The largest absolute Gasteiger partial charge is 0.493 e. The van der Waals surface area contributed by atoms with Crippen LogP contribution in [0.1, 0.15) is 18.1 Å². The predicted molar refractivity (Wildman–Crippen MR) is 109 cm³/mol. The topological polar surface area (TPSA) is 75.0 Å². The number of nitriles is 1. The maximum absolute atomic E-state index is 12.9. The molecule has 1 amide bonds. The molecule has 1 fully saturated rings. The van der Waals surface area contributed by atoms with Gasteiger partial charge < -0.3 is 19.1 Å². The van der Waals surface area contributed by atoms with E-state index in [1.54, 1.807) is 38.4 Å². The van der Waals surface area contributed by atoms with Crippen LogP contribution in [0.2, 0.25) is 0 Å². The summed E-state index contributed by atoms with van der Waals surface area (Å²) in [6.45, 7) is 3.42. The summed E-state index contributed by atoms with van der Waals surface area (Å²) in [6, 6.07) is 13.3. The number of benzene rings is 2. The Hall–Kier alpha value is -3.24.